The zero-order valence-corrected chi connectivity index (χ0v) is 8.45. The fourth-order valence-electron chi connectivity index (χ4n) is 1.28. The van der Waals surface area contributed by atoms with E-state index in [9.17, 15) is 0 Å². The Labute approximate surface area is 82.4 Å². The van der Waals surface area contributed by atoms with Gasteiger partial charge < -0.3 is 17.0 Å². The Bertz CT molecular complexity index is 379. The van der Waals surface area contributed by atoms with Crippen LogP contribution in [0.2, 0.25) is 0 Å². The maximum atomic E-state index is 2.17. The quantitative estimate of drug-likeness (QED) is 0.492. The predicted octanol–water partition coefficient (Wildman–Crippen LogP) is -1.26. The van der Waals surface area contributed by atoms with Gasteiger partial charge >= 0.3 is 0 Å². The van der Waals surface area contributed by atoms with Crippen molar-refractivity contribution in [3.05, 3.63) is 48.3 Å². The lowest BCUT2D eigenvalue weighted by molar-refractivity contribution is -0.519. The molecule has 0 saturated heterocycles. The van der Waals surface area contributed by atoms with E-state index in [1.54, 1.807) is 0 Å². The summed E-state index contributed by atoms with van der Waals surface area (Å²) in [6.07, 6.45) is 2.07. The number of aryl methyl sites for hydroxylation is 1. The molecule has 2 heteroatoms. The number of pyridine rings is 2. The predicted molar refractivity (Wildman–Crippen MR) is 44.3 cm³/mol. The Morgan fingerprint density at radius 2 is 1.75 bits per heavy atom. The first-order valence-corrected chi connectivity index (χ1v) is 3.74. The normalized spacial score (nSPS) is 9.42. The highest BCUT2D eigenvalue weighted by Crippen LogP contribution is 1.96. The van der Waals surface area contributed by atoms with Crippen LogP contribution in [0.4, 0.5) is 0 Å². The van der Waals surface area contributed by atoms with Crippen molar-refractivity contribution in [3.63, 3.8) is 0 Å². The average Bonchev–Trinajstić information content (AvgIpc) is 2.06. The summed E-state index contributed by atoms with van der Waals surface area (Å²) in [5.74, 6) is 0. The molecule has 0 amide bonds. The van der Waals surface area contributed by atoms with Crippen molar-refractivity contribution in [2.75, 3.05) is 0 Å². The minimum absolute atomic E-state index is 0. The van der Waals surface area contributed by atoms with Crippen LogP contribution < -0.4 is 21.4 Å². The van der Waals surface area contributed by atoms with Crippen molar-refractivity contribution in [3.8, 4) is 0 Å². The molecule has 2 rings (SSSR count). The van der Waals surface area contributed by atoms with Crippen molar-refractivity contribution in [1.29, 1.82) is 0 Å². The van der Waals surface area contributed by atoms with Crippen molar-refractivity contribution < 1.29 is 21.4 Å². The van der Waals surface area contributed by atoms with Crippen molar-refractivity contribution in [2.24, 2.45) is 0 Å². The molecule has 0 aliphatic rings. The summed E-state index contributed by atoms with van der Waals surface area (Å²) in [7, 11) is 0. The van der Waals surface area contributed by atoms with E-state index in [0.717, 1.165) is 0 Å². The summed E-state index contributed by atoms with van der Waals surface area (Å²) in [6, 6.07) is 12.5. The van der Waals surface area contributed by atoms with Gasteiger partial charge in [0.2, 0.25) is 5.52 Å². The van der Waals surface area contributed by atoms with Crippen LogP contribution in [0.1, 0.15) is 5.69 Å². The first kappa shape index (κ1) is 9.20. The lowest BCUT2D eigenvalue weighted by atomic mass is 10.3. The lowest BCUT2D eigenvalue weighted by Gasteiger charge is -1.91. The summed E-state index contributed by atoms with van der Waals surface area (Å²) in [6.45, 7) is 2.10. The van der Waals surface area contributed by atoms with Crippen LogP contribution in [-0.2, 0) is 0 Å². The maximum absolute atomic E-state index is 2.17. The van der Waals surface area contributed by atoms with Gasteiger partial charge in [-0.05, 0) is 12.1 Å². The first-order chi connectivity index (χ1) is 5.38. The summed E-state index contributed by atoms with van der Waals surface area (Å²) < 4.78 is 2.17. The molecule has 2 aromatic rings. The highest BCUT2D eigenvalue weighted by atomic mass is 79.9. The molecule has 0 bridgehead atoms. The second-order valence-electron chi connectivity index (χ2n) is 2.66. The number of halogens is 1. The second-order valence-corrected chi connectivity index (χ2v) is 2.66. The van der Waals surface area contributed by atoms with Crippen molar-refractivity contribution in [2.45, 2.75) is 6.92 Å². The van der Waals surface area contributed by atoms with Crippen LogP contribution in [0.3, 0.4) is 0 Å². The molecule has 0 radical (unpaired) electrons. The largest absolute Gasteiger partial charge is 1.00 e. The molecule has 0 N–H and O–H groups in total. The average molecular weight is 224 g/mol. The maximum Gasteiger partial charge on any atom is 0.210 e. The Hall–Kier alpha value is -0.890. The SMILES string of the molecule is Cc1cccc2cccc[n+]12.[Br-]. The van der Waals surface area contributed by atoms with Crippen LogP contribution >= 0.6 is 0 Å². The smallest absolute Gasteiger partial charge is 0.210 e. The number of nitrogens with zero attached hydrogens (tertiary/aromatic N) is 1. The van der Waals surface area contributed by atoms with Crippen molar-refractivity contribution >= 4 is 5.52 Å². The third-order valence-corrected chi connectivity index (χ3v) is 1.88. The van der Waals surface area contributed by atoms with Crippen LogP contribution in [0.25, 0.3) is 5.52 Å². The highest BCUT2D eigenvalue weighted by Gasteiger charge is 2.00. The van der Waals surface area contributed by atoms with E-state index < -0.39 is 0 Å². The van der Waals surface area contributed by atoms with Gasteiger partial charge in [-0.3, -0.25) is 0 Å². The van der Waals surface area contributed by atoms with Gasteiger partial charge in [0.25, 0.3) is 0 Å². The monoisotopic (exact) mass is 223 g/mol. The fourth-order valence-corrected chi connectivity index (χ4v) is 1.28. The number of fused-ring (bicyclic) bond motifs is 1. The number of rotatable bonds is 0. The summed E-state index contributed by atoms with van der Waals surface area (Å²) >= 11 is 0. The van der Waals surface area contributed by atoms with Crippen LogP contribution in [0.5, 0.6) is 0 Å². The summed E-state index contributed by atoms with van der Waals surface area (Å²) in [5, 5.41) is 0. The topological polar surface area (TPSA) is 4.10 Å². The van der Waals surface area contributed by atoms with Gasteiger partial charge in [-0.25, -0.2) is 0 Å². The van der Waals surface area contributed by atoms with Gasteiger partial charge in [-0.15, -0.1) is 0 Å². The minimum atomic E-state index is 0. The van der Waals surface area contributed by atoms with E-state index in [0.29, 0.717) is 0 Å². The van der Waals surface area contributed by atoms with E-state index in [-0.39, 0.29) is 17.0 Å². The molecule has 1 nitrogen and oxygen atoms in total. The Kier molecular flexibility index (Phi) is 2.82. The van der Waals surface area contributed by atoms with E-state index in [2.05, 4.69) is 47.9 Å². The third-order valence-electron chi connectivity index (χ3n) is 1.88. The molecular formula is C10H10BrN. The summed E-state index contributed by atoms with van der Waals surface area (Å²) in [5.41, 5.74) is 2.51. The molecular weight excluding hydrogens is 214 g/mol. The molecule has 62 valence electrons. The molecule has 0 spiro atoms. The molecule has 0 atom stereocenters. The van der Waals surface area contributed by atoms with Crippen LogP contribution in [0, 0.1) is 6.92 Å². The zero-order chi connectivity index (χ0) is 7.68. The van der Waals surface area contributed by atoms with Crippen molar-refractivity contribution in [1.82, 2.24) is 0 Å². The molecule has 0 fully saturated rings. The second kappa shape index (κ2) is 3.68. The Balaban J connectivity index is 0.000000720. The first-order valence-electron chi connectivity index (χ1n) is 3.74. The standard InChI is InChI=1S/C10H10N.BrH/c1-9-5-4-7-10-6-2-3-8-11(9)10;/h2-8H,1H3;1H/q+1;/p-1. The number of hydrogen-bond acceptors (Lipinski definition) is 0. The van der Waals surface area contributed by atoms with E-state index in [1.807, 2.05) is 6.07 Å². The molecule has 2 aromatic heterocycles. The van der Waals surface area contributed by atoms with Gasteiger partial charge in [0, 0.05) is 31.2 Å². The van der Waals surface area contributed by atoms with Crippen LogP contribution in [0.15, 0.2) is 42.6 Å². The lowest BCUT2D eigenvalue weighted by Crippen LogP contribution is -3.00. The Morgan fingerprint density at radius 3 is 2.50 bits per heavy atom. The Morgan fingerprint density at radius 1 is 1.00 bits per heavy atom. The molecule has 0 saturated carbocycles. The molecule has 0 aliphatic heterocycles. The molecule has 12 heavy (non-hydrogen) atoms. The number of aromatic nitrogens is 1. The van der Waals surface area contributed by atoms with E-state index in [4.69, 9.17) is 0 Å². The van der Waals surface area contributed by atoms with Gasteiger partial charge in [0.1, 0.15) is 0 Å². The van der Waals surface area contributed by atoms with Gasteiger partial charge in [0.05, 0.1) is 0 Å². The van der Waals surface area contributed by atoms with E-state index in [1.165, 1.54) is 11.2 Å². The fraction of sp³-hybridized carbons (Fsp3) is 0.100. The van der Waals surface area contributed by atoms with Gasteiger partial charge in [0.15, 0.2) is 11.9 Å². The highest BCUT2D eigenvalue weighted by molar-refractivity contribution is 5.37. The van der Waals surface area contributed by atoms with Crippen LogP contribution in [-0.4, -0.2) is 0 Å². The minimum Gasteiger partial charge on any atom is -1.00 e. The molecule has 2 heterocycles. The third kappa shape index (κ3) is 1.48. The molecule has 0 unspecified atom stereocenters. The molecule has 0 aliphatic carbocycles. The number of hydrogen-bond donors (Lipinski definition) is 0. The zero-order valence-electron chi connectivity index (χ0n) is 6.87. The van der Waals surface area contributed by atoms with E-state index >= 15 is 0 Å². The molecule has 0 aromatic carbocycles. The van der Waals surface area contributed by atoms with Gasteiger partial charge in [-0.1, -0.05) is 0 Å². The van der Waals surface area contributed by atoms with Gasteiger partial charge in [-0.2, -0.15) is 4.40 Å². The summed E-state index contributed by atoms with van der Waals surface area (Å²) in [4.78, 5) is 0.